The van der Waals surface area contributed by atoms with Crippen LogP contribution in [0.4, 0.5) is 0 Å². The van der Waals surface area contributed by atoms with Crippen LogP contribution in [-0.2, 0) is 6.42 Å². The Morgan fingerprint density at radius 1 is 0.737 bits per heavy atom. The summed E-state index contributed by atoms with van der Waals surface area (Å²) in [5.41, 5.74) is 1.33. The topological polar surface area (TPSA) is 0 Å². The molecule has 0 saturated heterocycles. The van der Waals surface area contributed by atoms with E-state index in [0.29, 0.717) is 0 Å². The molecule has 0 aromatic heterocycles. The first-order valence-corrected chi connectivity index (χ1v) is 6.64. The van der Waals surface area contributed by atoms with Gasteiger partial charge in [0, 0.05) is 0 Å². The van der Waals surface area contributed by atoms with Crippen molar-refractivity contribution >= 4 is 32.3 Å². The van der Waals surface area contributed by atoms with Gasteiger partial charge in [-0.05, 0) is 44.3 Å². The number of benzene rings is 4. The van der Waals surface area contributed by atoms with Gasteiger partial charge in [0.25, 0.3) is 0 Å². The van der Waals surface area contributed by atoms with Crippen LogP contribution < -0.4 is 0 Å². The summed E-state index contributed by atoms with van der Waals surface area (Å²) in [7, 11) is 0. The third-order valence-corrected chi connectivity index (χ3v) is 3.90. The third-order valence-electron chi connectivity index (χ3n) is 3.90. The zero-order valence-electron chi connectivity index (χ0n) is 10.7. The number of hydrogen-bond donors (Lipinski definition) is 0. The van der Waals surface area contributed by atoms with E-state index < -0.39 is 0 Å². The highest BCUT2D eigenvalue weighted by Gasteiger charge is 2.08. The van der Waals surface area contributed by atoms with Crippen LogP contribution in [0, 0.1) is 0 Å². The predicted octanol–water partition coefficient (Wildman–Crippen LogP) is 5.31. The Balaban J connectivity index is 2.25. The summed E-state index contributed by atoms with van der Waals surface area (Å²) in [6.07, 6.45) is 2.89. The molecule has 4 rings (SSSR count). The molecule has 0 radical (unpaired) electrons. The lowest BCUT2D eigenvalue weighted by atomic mass is 9.92. The quantitative estimate of drug-likeness (QED) is 0.330. The lowest BCUT2D eigenvalue weighted by molar-refractivity contribution is 1.30. The summed E-state index contributed by atoms with van der Waals surface area (Å²) in [4.78, 5) is 0. The fourth-order valence-electron chi connectivity index (χ4n) is 3.10. The Morgan fingerprint density at radius 2 is 1.26 bits per heavy atom. The highest BCUT2D eigenvalue weighted by atomic mass is 14.1. The molecule has 0 heterocycles. The molecule has 0 aliphatic carbocycles. The Kier molecular flexibility index (Phi) is 2.13. The van der Waals surface area contributed by atoms with Crippen molar-refractivity contribution in [3.8, 4) is 0 Å². The van der Waals surface area contributed by atoms with Gasteiger partial charge in [-0.15, -0.1) is 6.58 Å². The van der Waals surface area contributed by atoms with Gasteiger partial charge in [0.05, 0.1) is 0 Å². The van der Waals surface area contributed by atoms with Crippen molar-refractivity contribution in [2.45, 2.75) is 6.42 Å². The van der Waals surface area contributed by atoms with Gasteiger partial charge >= 0.3 is 0 Å². The van der Waals surface area contributed by atoms with Gasteiger partial charge in [0.1, 0.15) is 0 Å². The molecule has 0 fully saturated rings. The smallest absolute Gasteiger partial charge is 0.00266 e. The average molecular weight is 242 g/mol. The van der Waals surface area contributed by atoms with Crippen LogP contribution in [0.1, 0.15) is 5.56 Å². The largest absolute Gasteiger partial charge is 0.103 e. The summed E-state index contributed by atoms with van der Waals surface area (Å²) in [5, 5.41) is 8.10. The van der Waals surface area contributed by atoms with Gasteiger partial charge in [-0.1, -0.05) is 60.7 Å². The predicted molar refractivity (Wildman–Crippen MR) is 84.0 cm³/mol. The summed E-state index contributed by atoms with van der Waals surface area (Å²) in [5.74, 6) is 0. The maximum absolute atomic E-state index is 3.84. The van der Waals surface area contributed by atoms with Gasteiger partial charge < -0.3 is 0 Å². The Labute approximate surface area is 112 Å². The molecule has 0 unspecified atom stereocenters. The molecule has 0 heteroatoms. The lowest BCUT2D eigenvalue weighted by Gasteiger charge is -2.11. The van der Waals surface area contributed by atoms with E-state index in [-0.39, 0.29) is 0 Å². The van der Waals surface area contributed by atoms with Crippen LogP contribution in [0.2, 0.25) is 0 Å². The number of hydrogen-bond acceptors (Lipinski definition) is 0. The maximum Gasteiger partial charge on any atom is -0.00266 e. The molecule has 0 aliphatic heterocycles. The van der Waals surface area contributed by atoms with Gasteiger partial charge in [-0.25, -0.2) is 0 Å². The summed E-state index contributed by atoms with van der Waals surface area (Å²) < 4.78 is 0. The second-order valence-corrected chi connectivity index (χ2v) is 5.12. The average Bonchev–Trinajstić information content (AvgIpc) is 2.45. The van der Waals surface area contributed by atoms with Crippen molar-refractivity contribution in [1.82, 2.24) is 0 Å². The van der Waals surface area contributed by atoms with Gasteiger partial charge in [0.15, 0.2) is 0 Å². The van der Waals surface area contributed by atoms with Crippen molar-refractivity contribution in [3.05, 3.63) is 72.8 Å². The van der Waals surface area contributed by atoms with Crippen LogP contribution in [0.3, 0.4) is 0 Å². The first-order valence-electron chi connectivity index (χ1n) is 6.64. The summed E-state index contributed by atoms with van der Waals surface area (Å²) in [6.45, 7) is 3.84. The molecular formula is C19H14. The second-order valence-electron chi connectivity index (χ2n) is 5.12. The Bertz CT molecular complexity index is 836. The van der Waals surface area contributed by atoms with Gasteiger partial charge in [0.2, 0.25) is 0 Å². The third kappa shape index (κ3) is 1.47. The Hall–Kier alpha value is -2.34. The molecule has 19 heavy (non-hydrogen) atoms. The molecular weight excluding hydrogens is 228 g/mol. The highest BCUT2D eigenvalue weighted by Crippen LogP contribution is 2.35. The molecule has 0 saturated carbocycles. The molecule has 0 amide bonds. The van der Waals surface area contributed by atoms with E-state index in [0.717, 1.165) is 6.42 Å². The highest BCUT2D eigenvalue weighted by molar-refractivity contribution is 6.23. The fraction of sp³-hybridized carbons (Fsp3) is 0.0526. The standard InChI is InChI=1S/C19H14/c1-2-4-13-11-16-9-7-14-5-3-6-15-8-10-17(12-13)19(16)18(14)15/h2-3,5-12H,1,4H2. The van der Waals surface area contributed by atoms with E-state index in [4.69, 9.17) is 0 Å². The molecule has 0 aliphatic rings. The molecule has 0 atom stereocenters. The van der Waals surface area contributed by atoms with Gasteiger partial charge in [-0.3, -0.25) is 0 Å². The van der Waals surface area contributed by atoms with Crippen LogP contribution in [0.25, 0.3) is 32.3 Å². The van der Waals surface area contributed by atoms with E-state index in [2.05, 4.69) is 61.2 Å². The minimum Gasteiger partial charge on any atom is -0.103 e. The fourth-order valence-corrected chi connectivity index (χ4v) is 3.10. The normalized spacial score (nSPS) is 11.6. The first-order chi connectivity index (χ1) is 9.36. The van der Waals surface area contributed by atoms with Crippen molar-refractivity contribution < 1.29 is 0 Å². The van der Waals surface area contributed by atoms with Gasteiger partial charge in [-0.2, -0.15) is 0 Å². The van der Waals surface area contributed by atoms with Crippen LogP contribution in [0.15, 0.2) is 67.3 Å². The van der Waals surface area contributed by atoms with Crippen LogP contribution >= 0.6 is 0 Å². The summed E-state index contributed by atoms with van der Waals surface area (Å²) >= 11 is 0. The minimum atomic E-state index is 0.927. The minimum absolute atomic E-state index is 0.927. The van der Waals surface area contributed by atoms with Crippen LogP contribution in [-0.4, -0.2) is 0 Å². The van der Waals surface area contributed by atoms with Crippen molar-refractivity contribution in [2.75, 3.05) is 0 Å². The number of allylic oxidation sites excluding steroid dienone is 1. The van der Waals surface area contributed by atoms with Crippen molar-refractivity contribution in [1.29, 1.82) is 0 Å². The SMILES string of the molecule is C=CCc1cc2ccc3cccc4ccc(c1)c2c34. The first kappa shape index (κ1) is 10.6. The van der Waals surface area contributed by atoms with Crippen LogP contribution in [0.5, 0.6) is 0 Å². The molecule has 0 spiro atoms. The molecule has 0 bridgehead atoms. The van der Waals surface area contributed by atoms with E-state index >= 15 is 0 Å². The zero-order valence-corrected chi connectivity index (χ0v) is 10.7. The van der Waals surface area contributed by atoms with E-state index in [9.17, 15) is 0 Å². The molecule has 4 aromatic carbocycles. The lowest BCUT2D eigenvalue weighted by Crippen LogP contribution is -1.87. The van der Waals surface area contributed by atoms with Crippen molar-refractivity contribution in [3.63, 3.8) is 0 Å². The Morgan fingerprint density at radius 3 is 1.84 bits per heavy atom. The molecule has 0 N–H and O–H groups in total. The van der Waals surface area contributed by atoms with E-state index in [1.165, 1.54) is 37.9 Å². The van der Waals surface area contributed by atoms with Crippen molar-refractivity contribution in [2.24, 2.45) is 0 Å². The molecule has 0 nitrogen and oxygen atoms in total. The molecule has 90 valence electrons. The molecule has 4 aromatic rings. The number of rotatable bonds is 2. The zero-order chi connectivity index (χ0) is 12.8. The maximum atomic E-state index is 3.84. The monoisotopic (exact) mass is 242 g/mol. The van der Waals surface area contributed by atoms with E-state index in [1.807, 2.05) is 6.08 Å². The second kappa shape index (κ2) is 3.83. The van der Waals surface area contributed by atoms with E-state index in [1.54, 1.807) is 0 Å². The summed E-state index contributed by atoms with van der Waals surface area (Å²) in [6, 6.07) is 20.0.